The molecule has 0 atom stereocenters. The maximum Gasteiger partial charge on any atom is 0.215 e. The van der Waals surface area contributed by atoms with Gasteiger partial charge in [-0.25, -0.2) is 18.4 Å². The number of pyridine rings is 2. The van der Waals surface area contributed by atoms with Gasteiger partial charge in [-0.1, -0.05) is 0 Å². The lowest BCUT2D eigenvalue weighted by Crippen LogP contribution is -2.28. The number of sulfone groups is 1. The molecule has 3 aromatic heterocycles. The minimum absolute atomic E-state index is 0.0207. The molecule has 0 saturated carbocycles. The van der Waals surface area contributed by atoms with Gasteiger partial charge in [-0.3, -0.25) is 4.40 Å². The van der Waals surface area contributed by atoms with Gasteiger partial charge < -0.3 is 15.2 Å². The number of fused-ring (bicyclic) bond motifs is 1. The number of methoxy groups -OCH3 is 1. The fraction of sp³-hybridized carbons (Fsp3) is 0.368. The number of imidazole rings is 1. The molecule has 2 N–H and O–H groups in total. The average molecular weight is 422 g/mol. The van der Waals surface area contributed by atoms with E-state index in [2.05, 4.69) is 15.3 Å². The molecular formula is C19H23FN4O4S. The Labute approximate surface area is 168 Å². The number of anilines is 1. The molecule has 3 rings (SSSR count). The van der Waals surface area contributed by atoms with Gasteiger partial charge in [0.2, 0.25) is 5.95 Å². The van der Waals surface area contributed by atoms with Gasteiger partial charge in [0.1, 0.15) is 22.1 Å². The number of hydrogen-bond acceptors (Lipinski definition) is 7. The summed E-state index contributed by atoms with van der Waals surface area (Å²) in [6.45, 7) is 4.92. The summed E-state index contributed by atoms with van der Waals surface area (Å²) in [5.74, 6) is -0.273. The molecule has 0 saturated heterocycles. The number of aliphatic hydroxyl groups excluding tert-OH is 1. The fourth-order valence-corrected chi connectivity index (χ4v) is 4.12. The van der Waals surface area contributed by atoms with E-state index in [1.807, 2.05) is 0 Å². The van der Waals surface area contributed by atoms with Crippen molar-refractivity contribution in [3.8, 4) is 17.0 Å². The third kappa shape index (κ3) is 3.90. The lowest BCUT2D eigenvalue weighted by molar-refractivity contribution is 0.311. The van der Waals surface area contributed by atoms with Crippen LogP contribution in [0.3, 0.4) is 0 Å². The molecule has 156 valence electrons. The molecule has 8 nitrogen and oxygen atoms in total. The molecule has 0 bridgehead atoms. The number of rotatable bonds is 6. The molecule has 29 heavy (non-hydrogen) atoms. The molecular weight excluding hydrogens is 399 g/mol. The van der Waals surface area contributed by atoms with Crippen LogP contribution in [0.2, 0.25) is 0 Å². The summed E-state index contributed by atoms with van der Waals surface area (Å²) < 4.78 is 46.0. The Kier molecular flexibility index (Phi) is 5.50. The van der Waals surface area contributed by atoms with Crippen LogP contribution in [0.1, 0.15) is 20.8 Å². The van der Waals surface area contributed by atoms with E-state index >= 15 is 0 Å². The van der Waals surface area contributed by atoms with Gasteiger partial charge in [0, 0.05) is 30.4 Å². The van der Waals surface area contributed by atoms with Crippen molar-refractivity contribution in [1.82, 2.24) is 14.4 Å². The highest BCUT2D eigenvalue weighted by Gasteiger charge is 2.34. The first-order chi connectivity index (χ1) is 13.6. The van der Waals surface area contributed by atoms with Crippen molar-refractivity contribution in [3.63, 3.8) is 0 Å². The van der Waals surface area contributed by atoms with E-state index in [4.69, 9.17) is 9.84 Å². The predicted octanol–water partition coefficient (Wildman–Crippen LogP) is 2.52. The Hall–Kier alpha value is -2.72. The van der Waals surface area contributed by atoms with Crippen molar-refractivity contribution in [2.75, 3.05) is 25.6 Å². The van der Waals surface area contributed by atoms with Crippen molar-refractivity contribution in [3.05, 3.63) is 36.5 Å². The molecule has 0 spiro atoms. The van der Waals surface area contributed by atoms with Crippen LogP contribution < -0.4 is 10.1 Å². The summed E-state index contributed by atoms with van der Waals surface area (Å²) in [4.78, 5) is 8.06. The number of hydrogen-bond donors (Lipinski definition) is 2. The van der Waals surface area contributed by atoms with Crippen molar-refractivity contribution >= 4 is 21.3 Å². The number of ether oxygens (including phenoxy) is 1. The van der Waals surface area contributed by atoms with Crippen LogP contribution in [0.5, 0.6) is 5.75 Å². The van der Waals surface area contributed by atoms with E-state index in [1.54, 1.807) is 31.2 Å². The molecule has 0 fully saturated rings. The highest BCUT2D eigenvalue weighted by molar-refractivity contribution is 7.92. The summed E-state index contributed by atoms with van der Waals surface area (Å²) in [5, 5.41) is 11.8. The summed E-state index contributed by atoms with van der Waals surface area (Å²) >= 11 is 0. The van der Waals surface area contributed by atoms with Crippen LogP contribution in [0.4, 0.5) is 10.2 Å². The summed E-state index contributed by atoms with van der Waals surface area (Å²) in [6, 6.07) is 4.37. The van der Waals surface area contributed by atoms with Crippen molar-refractivity contribution < 1.29 is 22.7 Å². The minimum atomic E-state index is -3.72. The second-order valence-corrected chi connectivity index (χ2v) is 10.1. The van der Waals surface area contributed by atoms with E-state index < -0.39 is 20.5 Å². The van der Waals surface area contributed by atoms with Gasteiger partial charge in [0.15, 0.2) is 9.84 Å². The van der Waals surface area contributed by atoms with Crippen molar-refractivity contribution in [1.29, 1.82) is 0 Å². The van der Waals surface area contributed by atoms with Crippen LogP contribution in [0, 0.1) is 5.95 Å². The normalized spacial score (nSPS) is 12.3. The largest absolute Gasteiger partial charge is 0.495 e. The quantitative estimate of drug-likeness (QED) is 0.588. The number of nitrogens with zero attached hydrogens (tertiary/aromatic N) is 3. The zero-order valence-corrected chi connectivity index (χ0v) is 17.4. The first-order valence-electron chi connectivity index (χ1n) is 8.91. The second kappa shape index (κ2) is 7.60. The molecule has 0 aliphatic rings. The lowest BCUT2D eigenvalue weighted by Gasteiger charge is -2.21. The van der Waals surface area contributed by atoms with Crippen LogP contribution in [-0.4, -0.2) is 52.9 Å². The zero-order valence-electron chi connectivity index (χ0n) is 16.6. The van der Waals surface area contributed by atoms with E-state index in [0.29, 0.717) is 16.9 Å². The fourth-order valence-electron chi connectivity index (χ4n) is 2.81. The molecule has 0 aliphatic heterocycles. The van der Waals surface area contributed by atoms with E-state index in [1.165, 1.54) is 31.6 Å². The van der Waals surface area contributed by atoms with Crippen molar-refractivity contribution in [2.24, 2.45) is 0 Å². The number of aromatic nitrogens is 3. The van der Waals surface area contributed by atoms with Gasteiger partial charge >= 0.3 is 0 Å². The average Bonchev–Trinajstić information content (AvgIpc) is 3.06. The van der Waals surface area contributed by atoms with Crippen LogP contribution in [0.15, 0.2) is 35.5 Å². The third-order valence-electron chi connectivity index (χ3n) is 4.40. The van der Waals surface area contributed by atoms with Crippen LogP contribution >= 0.6 is 0 Å². The minimum Gasteiger partial charge on any atom is -0.495 e. The number of nitrogens with one attached hydrogen (secondary N) is 1. The summed E-state index contributed by atoms with van der Waals surface area (Å²) in [5.41, 5.74) is 1.39. The van der Waals surface area contributed by atoms with Crippen LogP contribution in [0.25, 0.3) is 16.9 Å². The highest BCUT2D eigenvalue weighted by atomic mass is 32.2. The van der Waals surface area contributed by atoms with E-state index in [9.17, 15) is 12.8 Å². The van der Waals surface area contributed by atoms with Gasteiger partial charge in [-0.2, -0.15) is 4.39 Å². The van der Waals surface area contributed by atoms with Gasteiger partial charge in [0.25, 0.3) is 0 Å². The monoisotopic (exact) mass is 422 g/mol. The topological polar surface area (TPSA) is 106 Å². The van der Waals surface area contributed by atoms with E-state index in [0.717, 1.165) is 0 Å². The molecule has 0 aromatic carbocycles. The first kappa shape index (κ1) is 21.0. The Morgan fingerprint density at radius 3 is 2.62 bits per heavy atom. The predicted molar refractivity (Wildman–Crippen MR) is 107 cm³/mol. The zero-order chi connectivity index (χ0) is 21.4. The highest BCUT2D eigenvalue weighted by Crippen LogP contribution is 2.34. The molecule has 10 heteroatoms. The smallest absolute Gasteiger partial charge is 0.215 e. The summed E-state index contributed by atoms with van der Waals surface area (Å²) in [7, 11) is -2.32. The van der Waals surface area contributed by atoms with Crippen LogP contribution in [-0.2, 0) is 9.84 Å². The third-order valence-corrected chi connectivity index (χ3v) is 6.90. The van der Waals surface area contributed by atoms with Gasteiger partial charge in [0.05, 0.1) is 30.4 Å². The summed E-state index contributed by atoms with van der Waals surface area (Å²) in [6.07, 6.45) is 2.96. The molecule has 0 aliphatic carbocycles. The first-order valence-corrected chi connectivity index (χ1v) is 10.4. The maximum atomic E-state index is 14.0. The molecule has 3 heterocycles. The Balaban J connectivity index is 2.22. The Bertz CT molecular complexity index is 1150. The lowest BCUT2D eigenvalue weighted by atomic mass is 10.2. The van der Waals surface area contributed by atoms with E-state index in [-0.39, 0.29) is 29.6 Å². The van der Waals surface area contributed by atoms with Crippen molar-refractivity contribution in [2.45, 2.75) is 30.4 Å². The number of halogens is 1. The number of aliphatic hydroxyl groups is 1. The molecule has 3 aromatic rings. The Morgan fingerprint density at radius 1 is 1.28 bits per heavy atom. The maximum absolute atomic E-state index is 14.0. The molecule has 0 amide bonds. The standard InChI is InChI=1S/C19H23FN4O4S/c1-19(2,3)29(26,27)15-11-24-13(10-22-18(24)9-14(15)28-4)12-7-16(20)23-17(8-12)21-5-6-25/h7-11,25H,5-6H2,1-4H3,(H,21,23). The molecule has 0 unspecified atom stereocenters. The second-order valence-electron chi connectivity index (χ2n) is 7.41. The van der Waals surface area contributed by atoms with Gasteiger partial charge in [-0.15, -0.1) is 0 Å². The van der Waals surface area contributed by atoms with Gasteiger partial charge in [-0.05, 0) is 26.8 Å². The molecule has 0 radical (unpaired) electrons. The Morgan fingerprint density at radius 2 is 2.00 bits per heavy atom. The SMILES string of the molecule is COc1cc2ncc(-c3cc(F)nc(NCCO)c3)n2cc1S(=O)(=O)C(C)(C)C.